The van der Waals surface area contributed by atoms with Crippen LogP contribution >= 0.6 is 11.5 Å². The molecule has 3 rings (SSSR count). The Morgan fingerprint density at radius 2 is 2.19 bits per heavy atom. The first kappa shape index (κ1) is 14.2. The van der Waals surface area contributed by atoms with E-state index in [1.807, 2.05) is 0 Å². The predicted octanol–water partition coefficient (Wildman–Crippen LogP) is 3.39. The molecule has 0 spiro atoms. The lowest BCUT2D eigenvalue weighted by molar-refractivity contribution is -0.174. The van der Waals surface area contributed by atoms with Gasteiger partial charge in [0.15, 0.2) is 0 Å². The summed E-state index contributed by atoms with van der Waals surface area (Å²) in [5.41, 5.74) is 1.16. The van der Waals surface area contributed by atoms with Gasteiger partial charge in [-0.25, -0.2) is 0 Å². The molecule has 8 heteroatoms. The highest BCUT2D eigenvalue weighted by Gasteiger charge is 2.47. The van der Waals surface area contributed by atoms with Crippen LogP contribution in [0, 0.1) is 5.92 Å². The van der Waals surface area contributed by atoms with E-state index in [-0.39, 0.29) is 18.7 Å². The Kier molecular flexibility index (Phi) is 3.35. The fraction of sp³-hybridized carbons (Fsp3) is 0.462. The summed E-state index contributed by atoms with van der Waals surface area (Å²) in [5, 5.41) is 3.88. The lowest BCUT2D eigenvalue weighted by Gasteiger charge is -2.30. The van der Waals surface area contributed by atoms with Crippen molar-refractivity contribution in [3.8, 4) is 0 Å². The average Bonchev–Trinajstić information content (AvgIpc) is 3.01. The molecule has 1 fully saturated rings. The molecule has 0 aliphatic carbocycles. The number of halogens is 3. The summed E-state index contributed by atoms with van der Waals surface area (Å²) < 4.78 is 43.4. The number of rotatable bonds is 2. The third-order valence-corrected chi connectivity index (χ3v) is 4.54. The SMILES string of the molecule is CC([C@H]1CCC(=O)N1c1ccc2nnsc2c1)C(F)(F)F. The van der Waals surface area contributed by atoms with E-state index in [9.17, 15) is 18.0 Å². The van der Waals surface area contributed by atoms with E-state index in [1.165, 1.54) is 4.90 Å². The van der Waals surface area contributed by atoms with Gasteiger partial charge in [0.05, 0.1) is 10.6 Å². The van der Waals surface area contributed by atoms with Crippen LogP contribution in [0.2, 0.25) is 0 Å². The Labute approximate surface area is 122 Å². The highest BCUT2D eigenvalue weighted by atomic mass is 32.1. The summed E-state index contributed by atoms with van der Waals surface area (Å²) in [7, 11) is 0. The van der Waals surface area contributed by atoms with Crippen LogP contribution in [0.15, 0.2) is 18.2 Å². The number of alkyl halides is 3. The average molecular weight is 315 g/mol. The molecule has 0 saturated carbocycles. The van der Waals surface area contributed by atoms with Gasteiger partial charge in [-0.05, 0) is 36.2 Å². The number of benzene rings is 1. The van der Waals surface area contributed by atoms with Crippen molar-refractivity contribution < 1.29 is 18.0 Å². The maximum Gasteiger partial charge on any atom is 0.393 e. The van der Waals surface area contributed by atoms with Crippen molar-refractivity contribution in [2.75, 3.05) is 4.90 Å². The predicted molar refractivity (Wildman–Crippen MR) is 73.1 cm³/mol. The van der Waals surface area contributed by atoms with Crippen LogP contribution in [0.25, 0.3) is 10.2 Å². The fourth-order valence-corrected chi connectivity index (χ4v) is 3.24. The maximum absolute atomic E-state index is 13.0. The van der Waals surface area contributed by atoms with E-state index >= 15 is 0 Å². The second kappa shape index (κ2) is 4.94. The number of aromatic nitrogens is 2. The Balaban J connectivity index is 1.98. The van der Waals surface area contributed by atoms with Gasteiger partial charge in [-0.15, -0.1) is 5.10 Å². The summed E-state index contributed by atoms with van der Waals surface area (Å²) in [6.45, 7) is 1.13. The number of carbonyl (C=O) groups is 1. The van der Waals surface area contributed by atoms with Gasteiger partial charge in [0, 0.05) is 18.2 Å². The van der Waals surface area contributed by atoms with Gasteiger partial charge in [-0.3, -0.25) is 4.79 Å². The number of hydrogen-bond acceptors (Lipinski definition) is 4. The van der Waals surface area contributed by atoms with Crippen molar-refractivity contribution in [3.05, 3.63) is 18.2 Å². The van der Waals surface area contributed by atoms with Gasteiger partial charge in [0.25, 0.3) is 0 Å². The van der Waals surface area contributed by atoms with E-state index in [1.54, 1.807) is 18.2 Å². The minimum atomic E-state index is -4.32. The highest BCUT2D eigenvalue weighted by Crippen LogP contribution is 2.39. The van der Waals surface area contributed by atoms with Gasteiger partial charge in [-0.2, -0.15) is 13.2 Å². The van der Waals surface area contributed by atoms with Crippen LogP contribution in [-0.2, 0) is 4.79 Å². The first-order valence-electron chi connectivity index (χ1n) is 6.49. The number of nitrogens with zero attached hydrogens (tertiary/aromatic N) is 3. The third-order valence-electron chi connectivity index (χ3n) is 3.86. The summed E-state index contributed by atoms with van der Waals surface area (Å²) in [5.74, 6) is -1.83. The zero-order valence-electron chi connectivity index (χ0n) is 11.1. The largest absolute Gasteiger partial charge is 0.393 e. The topological polar surface area (TPSA) is 46.1 Å². The molecule has 1 amide bonds. The number of fused-ring (bicyclic) bond motifs is 1. The van der Waals surface area contributed by atoms with E-state index in [2.05, 4.69) is 9.59 Å². The Morgan fingerprint density at radius 1 is 1.43 bits per heavy atom. The lowest BCUT2D eigenvalue weighted by Crippen LogP contribution is -2.42. The molecule has 1 saturated heterocycles. The summed E-state index contributed by atoms with van der Waals surface area (Å²) in [6.07, 6.45) is -3.95. The zero-order chi connectivity index (χ0) is 15.2. The maximum atomic E-state index is 13.0. The first-order valence-corrected chi connectivity index (χ1v) is 7.26. The molecule has 1 aromatic heterocycles. The highest BCUT2D eigenvalue weighted by molar-refractivity contribution is 7.12. The minimum Gasteiger partial charge on any atom is -0.309 e. The van der Waals surface area contributed by atoms with E-state index < -0.39 is 18.1 Å². The van der Waals surface area contributed by atoms with E-state index in [4.69, 9.17) is 0 Å². The van der Waals surface area contributed by atoms with Crippen LogP contribution in [-0.4, -0.2) is 27.7 Å². The molecule has 0 bridgehead atoms. The van der Waals surface area contributed by atoms with Crippen molar-refractivity contribution in [1.82, 2.24) is 9.59 Å². The Morgan fingerprint density at radius 3 is 2.90 bits per heavy atom. The molecular weight excluding hydrogens is 303 g/mol. The van der Waals surface area contributed by atoms with Crippen LogP contribution in [0.5, 0.6) is 0 Å². The monoisotopic (exact) mass is 315 g/mol. The second-order valence-electron chi connectivity index (χ2n) is 5.13. The molecular formula is C13H12F3N3OS. The van der Waals surface area contributed by atoms with Crippen molar-refractivity contribution in [3.63, 3.8) is 0 Å². The molecule has 1 unspecified atom stereocenters. The second-order valence-corrected chi connectivity index (χ2v) is 5.91. The summed E-state index contributed by atoms with van der Waals surface area (Å²) >= 11 is 1.16. The normalized spacial score (nSPS) is 21.2. The standard InChI is InChI=1S/C13H12F3N3OS/c1-7(13(14,15)16)10-4-5-12(20)19(10)8-2-3-9-11(6-8)21-18-17-9/h2-3,6-7,10H,4-5H2,1H3/t7?,10-/m1/s1. The van der Waals surface area contributed by atoms with Crippen molar-refractivity contribution in [1.29, 1.82) is 0 Å². The van der Waals surface area contributed by atoms with Gasteiger partial charge >= 0.3 is 6.18 Å². The number of carbonyl (C=O) groups excluding carboxylic acids is 1. The van der Waals surface area contributed by atoms with Gasteiger partial charge in [0.1, 0.15) is 5.52 Å². The van der Waals surface area contributed by atoms with E-state index in [0.29, 0.717) is 11.2 Å². The molecule has 0 N–H and O–H groups in total. The molecule has 1 aliphatic rings. The minimum absolute atomic E-state index is 0.143. The molecule has 4 nitrogen and oxygen atoms in total. The molecule has 2 aromatic rings. The fourth-order valence-electron chi connectivity index (χ4n) is 2.65. The van der Waals surface area contributed by atoms with E-state index in [0.717, 1.165) is 23.2 Å². The Hall–Kier alpha value is -1.70. The number of hydrogen-bond donors (Lipinski definition) is 0. The molecule has 2 heterocycles. The molecule has 1 aromatic carbocycles. The lowest BCUT2D eigenvalue weighted by atomic mass is 9.98. The van der Waals surface area contributed by atoms with Crippen LogP contribution in [0.4, 0.5) is 18.9 Å². The third kappa shape index (κ3) is 2.48. The van der Waals surface area contributed by atoms with Crippen LogP contribution in [0.1, 0.15) is 19.8 Å². The molecule has 1 aliphatic heterocycles. The quantitative estimate of drug-likeness (QED) is 0.853. The number of anilines is 1. The van der Waals surface area contributed by atoms with Crippen LogP contribution < -0.4 is 4.90 Å². The van der Waals surface area contributed by atoms with Crippen LogP contribution in [0.3, 0.4) is 0 Å². The molecule has 112 valence electrons. The van der Waals surface area contributed by atoms with Gasteiger partial charge < -0.3 is 4.90 Å². The number of amides is 1. The molecule has 2 atom stereocenters. The van der Waals surface area contributed by atoms with Crippen molar-refractivity contribution in [2.45, 2.75) is 32.0 Å². The van der Waals surface area contributed by atoms with Gasteiger partial charge in [0.2, 0.25) is 5.91 Å². The molecule has 21 heavy (non-hydrogen) atoms. The molecule has 0 radical (unpaired) electrons. The zero-order valence-corrected chi connectivity index (χ0v) is 11.9. The van der Waals surface area contributed by atoms with Crippen molar-refractivity contribution >= 4 is 33.3 Å². The smallest absolute Gasteiger partial charge is 0.309 e. The van der Waals surface area contributed by atoms with Gasteiger partial charge in [-0.1, -0.05) is 11.4 Å². The Bertz CT molecular complexity index is 685. The van der Waals surface area contributed by atoms with Crippen molar-refractivity contribution in [2.24, 2.45) is 5.92 Å². The summed E-state index contributed by atoms with van der Waals surface area (Å²) in [6, 6.07) is 4.13. The first-order chi connectivity index (χ1) is 9.88. The summed E-state index contributed by atoms with van der Waals surface area (Å²) in [4.78, 5) is 13.3.